The molecule has 0 radical (unpaired) electrons. The highest BCUT2D eigenvalue weighted by Gasteiger charge is 2.34. The molecular formula is C21H26FN3O3. The lowest BCUT2D eigenvalue weighted by Crippen LogP contribution is -2.54. The Balaban J connectivity index is 1.61. The van der Waals surface area contributed by atoms with Gasteiger partial charge in [-0.3, -0.25) is 14.4 Å². The molecule has 28 heavy (non-hydrogen) atoms. The van der Waals surface area contributed by atoms with Crippen molar-refractivity contribution in [3.05, 3.63) is 42.2 Å². The van der Waals surface area contributed by atoms with Gasteiger partial charge >= 0.3 is 0 Å². The van der Waals surface area contributed by atoms with E-state index in [2.05, 4.69) is 11.9 Å². The van der Waals surface area contributed by atoms with Gasteiger partial charge in [-0.2, -0.15) is 0 Å². The molecule has 6 nitrogen and oxygen atoms in total. The summed E-state index contributed by atoms with van der Waals surface area (Å²) in [5, 5.41) is 2.90. The Labute approximate surface area is 164 Å². The average molecular weight is 387 g/mol. The summed E-state index contributed by atoms with van der Waals surface area (Å²) in [6.07, 6.45) is 3.79. The molecule has 0 bridgehead atoms. The van der Waals surface area contributed by atoms with Gasteiger partial charge in [-0.05, 0) is 62.4 Å². The number of rotatable bonds is 4. The van der Waals surface area contributed by atoms with Gasteiger partial charge in [0.05, 0.1) is 0 Å². The summed E-state index contributed by atoms with van der Waals surface area (Å²) in [4.78, 5) is 40.5. The van der Waals surface area contributed by atoms with Gasteiger partial charge < -0.3 is 15.1 Å². The van der Waals surface area contributed by atoms with E-state index < -0.39 is 6.04 Å². The predicted octanol–water partition coefficient (Wildman–Crippen LogP) is 2.17. The third-order valence-corrected chi connectivity index (χ3v) is 5.56. The van der Waals surface area contributed by atoms with Crippen LogP contribution in [-0.4, -0.2) is 48.3 Å². The van der Waals surface area contributed by atoms with Crippen molar-refractivity contribution in [1.29, 1.82) is 0 Å². The molecule has 2 aliphatic rings. The van der Waals surface area contributed by atoms with Crippen molar-refractivity contribution in [3.8, 4) is 0 Å². The van der Waals surface area contributed by atoms with Crippen molar-refractivity contribution in [2.75, 3.05) is 24.5 Å². The standard InChI is InChI=1S/C21H26FN3O3/c1-3-19(26)24-11-8-15(9-12-24)20(27)23-17-5-4-10-25(21(17)28)18-7-6-16(22)13-14(18)2/h3,6-7,13,15,17H,1,4-5,8-12H2,2H3,(H,23,27). The smallest absolute Gasteiger partial charge is 0.249 e. The molecule has 2 fully saturated rings. The molecule has 2 aliphatic heterocycles. The third-order valence-electron chi connectivity index (χ3n) is 5.56. The number of piperidine rings is 2. The van der Waals surface area contributed by atoms with Gasteiger partial charge in [0.2, 0.25) is 17.7 Å². The monoisotopic (exact) mass is 387 g/mol. The van der Waals surface area contributed by atoms with E-state index in [-0.39, 0.29) is 29.5 Å². The Kier molecular flexibility index (Phi) is 6.11. The molecule has 1 atom stereocenters. The number of halogens is 1. The van der Waals surface area contributed by atoms with Crippen molar-refractivity contribution < 1.29 is 18.8 Å². The van der Waals surface area contributed by atoms with Gasteiger partial charge in [0, 0.05) is 31.2 Å². The highest BCUT2D eigenvalue weighted by Crippen LogP contribution is 2.26. The second-order valence-corrected chi connectivity index (χ2v) is 7.43. The molecule has 1 aromatic rings. The van der Waals surface area contributed by atoms with Crippen LogP contribution in [0.3, 0.4) is 0 Å². The first-order valence-electron chi connectivity index (χ1n) is 9.70. The van der Waals surface area contributed by atoms with Crippen LogP contribution in [0.1, 0.15) is 31.2 Å². The number of aryl methyl sites for hydroxylation is 1. The van der Waals surface area contributed by atoms with Gasteiger partial charge in [0.25, 0.3) is 0 Å². The third kappa shape index (κ3) is 4.24. The fourth-order valence-electron chi connectivity index (χ4n) is 3.95. The Morgan fingerprint density at radius 2 is 1.93 bits per heavy atom. The Morgan fingerprint density at radius 1 is 1.21 bits per heavy atom. The lowest BCUT2D eigenvalue weighted by atomic mass is 9.94. The zero-order chi connectivity index (χ0) is 20.3. The van der Waals surface area contributed by atoms with Crippen LogP contribution in [0.2, 0.25) is 0 Å². The topological polar surface area (TPSA) is 69.7 Å². The molecule has 0 saturated carbocycles. The molecular weight excluding hydrogens is 361 g/mol. The highest BCUT2D eigenvalue weighted by molar-refractivity contribution is 6.00. The van der Waals surface area contributed by atoms with Crippen molar-refractivity contribution in [3.63, 3.8) is 0 Å². The first-order valence-corrected chi connectivity index (χ1v) is 9.70. The summed E-state index contributed by atoms with van der Waals surface area (Å²) < 4.78 is 13.4. The maximum absolute atomic E-state index is 13.4. The number of likely N-dealkylation sites (tertiary alicyclic amines) is 1. The maximum Gasteiger partial charge on any atom is 0.249 e. The molecule has 1 aromatic carbocycles. The van der Waals surface area contributed by atoms with Gasteiger partial charge in [-0.25, -0.2) is 4.39 Å². The van der Waals surface area contributed by atoms with E-state index in [9.17, 15) is 18.8 Å². The number of benzene rings is 1. The molecule has 1 unspecified atom stereocenters. The van der Waals surface area contributed by atoms with Crippen LogP contribution < -0.4 is 10.2 Å². The largest absolute Gasteiger partial charge is 0.344 e. The maximum atomic E-state index is 13.4. The Hall–Kier alpha value is -2.70. The molecule has 0 aliphatic carbocycles. The minimum Gasteiger partial charge on any atom is -0.344 e. The molecule has 150 valence electrons. The van der Waals surface area contributed by atoms with Gasteiger partial charge in [-0.1, -0.05) is 6.58 Å². The molecule has 2 heterocycles. The van der Waals surface area contributed by atoms with Gasteiger partial charge in [-0.15, -0.1) is 0 Å². The zero-order valence-electron chi connectivity index (χ0n) is 16.1. The van der Waals surface area contributed by atoms with Crippen LogP contribution in [0.5, 0.6) is 0 Å². The van der Waals surface area contributed by atoms with Crippen molar-refractivity contribution in [1.82, 2.24) is 10.2 Å². The predicted molar refractivity (Wildman–Crippen MR) is 104 cm³/mol. The lowest BCUT2D eigenvalue weighted by Gasteiger charge is -2.35. The number of nitrogens with one attached hydrogen (secondary N) is 1. The number of nitrogens with zero attached hydrogens (tertiary/aromatic N) is 2. The quantitative estimate of drug-likeness (QED) is 0.805. The summed E-state index contributed by atoms with van der Waals surface area (Å²) in [5.74, 6) is -0.955. The first kappa shape index (κ1) is 20.0. The van der Waals surface area contributed by atoms with Crippen molar-refractivity contribution in [2.24, 2.45) is 5.92 Å². The number of hydrogen-bond acceptors (Lipinski definition) is 3. The summed E-state index contributed by atoms with van der Waals surface area (Å²) in [7, 11) is 0. The van der Waals surface area contributed by atoms with E-state index in [1.807, 2.05) is 0 Å². The normalized spacial score (nSPS) is 20.8. The summed E-state index contributed by atoms with van der Waals surface area (Å²) >= 11 is 0. The van der Waals surface area contributed by atoms with Gasteiger partial charge in [0.15, 0.2) is 0 Å². The first-order chi connectivity index (χ1) is 13.4. The van der Waals surface area contributed by atoms with E-state index >= 15 is 0 Å². The SMILES string of the molecule is C=CC(=O)N1CCC(C(=O)NC2CCCN(c3ccc(F)cc3C)C2=O)CC1. The van der Waals surface area contributed by atoms with Crippen LogP contribution in [0.25, 0.3) is 0 Å². The van der Waals surface area contributed by atoms with Gasteiger partial charge in [0.1, 0.15) is 11.9 Å². The molecule has 1 N–H and O–H groups in total. The Morgan fingerprint density at radius 3 is 2.57 bits per heavy atom. The van der Waals surface area contributed by atoms with Crippen LogP contribution >= 0.6 is 0 Å². The number of carbonyl (C=O) groups is 3. The Bertz CT molecular complexity index is 787. The number of hydrogen-bond donors (Lipinski definition) is 1. The molecule has 0 aromatic heterocycles. The van der Waals surface area contributed by atoms with E-state index in [0.29, 0.717) is 50.1 Å². The van der Waals surface area contributed by atoms with Crippen molar-refractivity contribution >= 4 is 23.4 Å². The van der Waals surface area contributed by atoms with E-state index in [0.717, 1.165) is 6.42 Å². The van der Waals surface area contributed by atoms with Crippen molar-refractivity contribution in [2.45, 2.75) is 38.6 Å². The minimum absolute atomic E-state index is 0.119. The minimum atomic E-state index is -0.571. The fraction of sp³-hybridized carbons (Fsp3) is 0.476. The molecule has 7 heteroatoms. The number of anilines is 1. The van der Waals surface area contributed by atoms with Crippen LogP contribution in [0.4, 0.5) is 10.1 Å². The van der Waals surface area contributed by atoms with Crippen LogP contribution in [0, 0.1) is 18.7 Å². The number of amides is 3. The second-order valence-electron chi connectivity index (χ2n) is 7.43. The molecule has 3 amide bonds. The summed E-state index contributed by atoms with van der Waals surface area (Å²) in [5.41, 5.74) is 1.38. The fourth-order valence-corrected chi connectivity index (χ4v) is 3.95. The lowest BCUT2D eigenvalue weighted by molar-refractivity contribution is -0.134. The summed E-state index contributed by atoms with van der Waals surface area (Å²) in [6.45, 7) is 6.84. The average Bonchev–Trinajstić information content (AvgIpc) is 2.69. The zero-order valence-corrected chi connectivity index (χ0v) is 16.1. The highest BCUT2D eigenvalue weighted by atomic mass is 19.1. The van der Waals surface area contributed by atoms with E-state index in [1.165, 1.54) is 18.2 Å². The summed E-state index contributed by atoms with van der Waals surface area (Å²) in [6, 6.07) is 3.79. The molecule has 3 rings (SSSR count). The molecule has 2 saturated heterocycles. The van der Waals surface area contributed by atoms with Crippen LogP contribution in [0.15, 0.2) is 30.9 Å². The van der Waals surface area contributed by atoms with E-state index in [1.54, 1.807) is 22.8 Å². The molecule has 0 spiro atoms. The van der Waals surface area contributed by atoms with Crippen LogP contribution in [-0.2, 0) is 14.4 Å². The second kappa shape index (κ2) is 8.54. The van der Waals surface area contributed by atoms with E-state index in [4.69, 9.17) is 0 Å². The number of carbonyl (C=O) groups excluding carboxylic acids is 3.